The Bertz CT molecular complexity index is 691. The molecule has 0 amide bonds. The molecular formula is C15H15BrN2O. The quantitative estimate of drug-likeness (QED) is 0.923. The Morgan fingerprint density at radius 2 is 2.11 bits per heavy atom. The third kappa shape index (κ3) is 2.04. The Morgan fingerprint density at radius 1 is 1.37 bits per heavy atom. The normalized spacial score (nSPS) is 17.2. The molecule has 1 aliphatic carbocycles. The SMILES string of the molecule is CC(C)c1nc(C2Cc3ccccc32)[nH]c(=O)c1Br. The van der Waals surface area contributed by atoms with E-state index in [-0.39, 0.29) is 17.4 Å². The number of hydrogen-bond acceptors (Lipinski definition) is 2. The number of fused-ring (bicyclic) bond motifs is 1. The Hall–Kier alpha value is -1.42. The Labute approximate surface area is 120 Å². The van der Waals surface area contributed by atoms with Gasteiger partial charge in [-0.1, -0.05) is 38.1 Å². The van der Waals surface area contributed by atoms with Crippen LogP contribution in [0.1, 0.15) is 48.3 Å². The highest BCUT2D eigenvalue weighted by Crippen LogP contribution is 2.38. The molecule has 0 saturated carbocycles. The van der Waals surface area contributed by atoms with Crippen molar-refractivity contribution in [2.45, 2.75) is 32.1 Å². The molecular weight excluding hydrogens is 304 g/mol. The number of benzene rings is 1. The topological polar surface area (TPSA) is 45.8 Å². The third-order valence-corrected chi connectivity index (χ3v) is 4.40. The van der Waals surface area contributed by atoms with E-state index < -0.39 is 0 Å². The molecule has 98 valence electrons. The molecule has 0 fully saturated rings. The van der Waals surface area contributed by atoms with Gasteiger partial charge < -0.3 is 4.98 Å². The van der Waals surface area contributed by atoms with Gasteiger partial charge in [0.05, 0.1) is 5.69 Å². The van der Waals surface area contributed by atoms with Crippen LogP contribution < -0.4 is 5.56 Å². The first-order valence-electron chi connectivity index (χ1n) is 6.45. The second-order valence-corrected chi connectivity index (χ2v) is 6.05. The van der Waals surface area contributed by atoms with Crippen LogP contribution in [-0.2, 0) is 6.42 Å². The zero-order valence-corrected chi connectivity index (χ0v) is 12.5. The number of nitrogens with one attached hydrogen (secondary N) is 1. The Balaban J connectivity index is 2.07. The summed E-state index contributed by atoms with van der Waals surface area (Å²) in [6, 6.07) is 8.32. The Kier molecular flexibility index (Phi) is 3.05. The minimum atomic E-state index is -0.0851. The number of nitrogens with zero attached hydrogens (tertiary/aromatic N) is 1. The molecule has 0 aliphatic heterocycles. The van der Waals surface area contributed by atoms with Gasteiger partial charge in [-0.25, -0.2) is 4.98 Å². The molecule has 0 spiro atoms. The lowest BCUT2D eigenvalue weighted by atomic mass is 9.77. The van der Waals surface area contributed by atoms with E-state index in [9.17, 15) is 4.79 Å². The standard InChI is InChI=1S/C15H15BrN2O/c1-8(2)13-12(16)15(19)18-14(17-13)11-7-9-5-3-4-6-10(9)11/h3-6,8,11H,7H2,1-2H3,(H,17,18,19). The van der Waals surface area contributed by atoms with Crippen molar-refractivity contribution >= 4 is 15.9 Å². The molecule has 1 N–H and O–H groups in total. The first kappa shape index (κ1) is 12.6. The average Bonchev–Trinajstić information content (AvgIpc) is 2.34. The largest absolute Gasteiger partial charge is 0.309 e. The molecule has 19 heavy (non-hydrogen) atoms. The van der Waals surface area contributed by atoms with E-state index in [2.05, 4.69) is 38.0 Å². The first-order valence-corrected chi connectivity index (χ1v) is 7.24. The minimum absolute atomic E-state index is 0.0851. The van der Waals surface area contributed by atoms with E-state index in [1.54, 1.807) is 0 Å². The number of aromatic nitrogens is 2. The van der Waals surface area contributed by atoms with Crippen molar-refractivity contribution < 1.29 is 0 Å². The summed E-state index contributed by atoms with van der Waals surface area (Å²) < 4.78 is 0.554. The van der Waals surface area contributed by atoms with Crippen molar-refractivity contribution in [3.8, 4) is 0 Å². The number of hydrogen-bond donors (Lipinski definition) is 1. The van der Waals surface area contributed by atoms with E-state index in [4.69, 9.17) is 0 Å². The lowest BCUT2D eigenvalue weighted by Crippen LogP contribution is -2.25. The second-order valence-electron chi connectivity index (χ2n) is 5.26. The molecule has 0 saturated heterocycles. The molecule has 1 heterocycles. The maximum Gasteiger partial charge on any atom is 0.265 e. The van der Waals surface area contributed by atoms with E-state index >= 15 is 0 Å². The summed E-state index contributed by atoms with van der Waals surface area (Å²) in [5.41, 5.74) is 3.38. The lowest BCUT2D eigenvalue weighted by Gasteiger charge is -2.29. The Morgan fingerprint density at radius 3 is 2.79 bits per heavy atom. The predicted octanol–water partition coefficient (Wildman–Crippen LogP) is 3.34. The molecule has 1 aromatic heterocycles. The van der Waals surface area contributed by atoms with Crippen LogP contribution in [0, 0.1) is 0 Å². The minimum Gasteiger partial charge on any atom is -0.309 e. The molecule has 1 atom stereocenters. The van der Waals surface area contributed by atoms with Crippen LogP contribution in [0.5, 0.6) is 0 Å². The van der Waals surface area contributed by atoms with Crippen molar-refractivity contribution in [1.82, 2.24) is 9.97 Å². The molecule has 1 unspecified atom stereocenters. The second kappa shape index (κ2) is 4.60. The van der Waals surface area contributed by atoms with E-state index in [0.29, 0.717) is 4.47 Å². The number of aromatic amines is 1. The van der Waals surface area contributed by atoms with Crippen molar-refractivity contribution in [3.05, 3.63) is 61.7 Å². The van der Waals surface area contributed by atoms with E-state index in [1.165, 1.54) is 11.1 Å². The number of H-pyrrole nitrogens is 1. The van der Waals surface area contributed by atoms with Crippen LogP contribution in [0.3, 0.4) is 0 Å². The van der Waals surface area contributed by atoms with Crippen LogP contribution in [0.4, 0.5) is 0 Å². The van der Waals surface area contributed by atoms with Gasteiger partial charge in [0, 0.05) is 5.92 Å². The predicted molar refractivity (Wildman–Crippen MR) is 78.6 cm³/mol. The molecule has 0 radical (unpaired) electrons. The summed E-state index contributed by atoms with van der Waals surface area (Å²) in [5.74, 6) is 1.25. The summed E-state index contributed by atoms with van der Waals surface area (Å²) in [4.78, 5) is 19.5. The maximum absolute atomic E-state index is 12.0. The van der Waals surface area contributed by atoms with Crippen LogP contribution >= 0.6 is 15.9 Å². The zero-order chi connectivity index (χ0) is 13.6. The van der Waals surface area contributed by atoms with Gasteiger partial charge in [-0.15, -0.1) is 0 Å². The fourth-order valence-electron chi connectivity index (χ4n) is 2.54. The molecule has 3 rings (SSSR count). The van der Waals surface area contributed by atoms with Crippen molar-refractivity contribution in [1.29, 1.82) is 0 Å². The molecule has 1 aromatic carbocycles. The monoisotopic (exact) mass is 318 g/mol. The van der Waals surface area contributed by atoms with Crippen LogP contribution in [0.25, 0.3) is 0 Å². The van der Waals surface area contributed by atoms with Gasteiger partial charge in [-0.3, -0.25) is 4.79 Å². The first-order chi connectivity index (χ1) is 9.08. The van der Waals surface area contributed by atoms with Gasteiger partial charge in [0.25, 0.3) is 5.56 Å². The van der Waals surface area contributed by atoms with Gasteiger partial charge in [0.1, 0.15) is 10.3 Å². The van der Waals surface area contributed by atoms with Crippen molar-refractivity contribution in [2.75, 3.05) is 0 Å². The van der Waals surface area contributed by atoms with Gasteiger partial charge in [-0.2, -0.15) is 0 Å². The number of halogens is 1. The van der Waals surface area contributed by atoms with Crippen LogP contribution in [-0.4, -0.2) is 9.97 Å². The fourth-order valence-corrected chi connectivity index (χ4v) is 3.19. The molecule has 3 nitrogen and oxygen atoms in total. The smallest absolute Gasteiger partial charge is 0.265 e. The third-order valence-electron chi connectivity index (χ3n) is 3.64. The highest BCUT2D eigenvalue weighted by molar-refractivity contribution is 9.10. The molecule has 2 aromatic rings. The maximum atomic E-state index is 12.0. The van der Waals surface area contributed by atoms with Crippen molar-refractivity contribution in [3.63, 3.8) is 0 Å². The summed E-state index contributed by atoms with van der Waals surface area (Å²) in [6.07, 6.45) is 0.957. The lowest BCUT2D eigenvalue weighted by molar-refractivity contribution is 0.640. The van der Waals surface area contributed by atoms with Gasteiger partial charge in [0.2, 0.25) is 0 Å². The van der Waals surface area contributed by atoms with E-state index in [0.717, 1.165) is 17.9 Å². The summed E-state index contributed by atoms with van der Waals surface area (Å²) in [5, 5.41) is 0. The molecule has 4 heteroatoms. The fraction of sp³-hybridized carbons (Fsp3) is 0.333. The highest BCUT2D eigenvalue weighted by atomic mass is 79.9. The zero-order valence-electron chi connectivity index (χ0n) is 10.9. The van der Waals surface area contributed by atoms with Crippen LogP contribution in [0.2, 0.25) is 0 Å². The summed E-state index contributed by atoms with van der Waals surface area (Å²) in [7, 11) is 0. The summed E-state index contributed by atoms with van der Waals surface area (Å²) >= 11 is 3.33. The average molecular weight is 319 g/mol. The van der Waals surface area contributed by atoms with Gasteiger partial charge >= 0.3 is 0 Å². The number of rotatable bonds is 2. The van der Waals surface area contributed by atoms with Crippen LogP contribution in [0.15, 0.2) is 33.5 Å². The van der Waals surface area contributed by atoms with Gasteiger partial charge in [-0.05, 0) is 39.4 Å². The van der Waals surface area contributed by atoms with Gasteiger partial charge in [0.15, 0.2) is 0 Å². The van der Waals surface area contributed by atoms with Crippen molar-refractivity contribution in [2.24, 2.45) is 0 Å². The van der Waals surface area contributed by atoms with E-state index in [1.807, 2.05) is 26.0 Å². The summed E-state index contributed by atoms with van der Waals surface area (Å²) in [6.45, 7) is 4.09. The highest BCUT2D eigenvalue weighted by Gasteiger charge is 2.29. The molecule has 1 aliphatic rings. The molecule has 0 bridgehead atoms.